The molecule has 1 saturated heterocycles. The number of hydrogen-bond donors (Lipinski definition) is 2. The number of sulfonamides is 1. The van der Waals surface area contributed by atoms with Gasteiger partial charge in [-0.3, -0.25) is 0 Å². The summed E-state index contributed by atoms with van der Waals surface area (Å²) in [6.07, 6.45) is 0.894. The summed E-state index contributed by atoms with van der Waals surface area (Å²) >= 11 is 0. The third kappa shape index (κ3) is 3.42. The molecule has 0 spiro atoms. The molecule has 1 heterocycles. The Kier molecular flexibility index (Phi) is 4.36. The zero-order chi connectivity index (χ0) is 13.9. The average molecular weight is 282 g/mol. The first kappa shape index (κ1) is 14.2. The van der Waals surface area contributed by atoms with Crippen molar-refractivity contribution in [2.24, 2.45) is 0 Å². The Balaban J connectivity index is 2.12. The summed E-state index contributed by atoms with van der Waals surface area (Å²) in [5.74, 6) is 0. The maximum atomic E-state index is 12.1. The van der Waals surface area contributed by atoms with E-state index >= 15 is 0 Å². The van der Waals surface area contributed by atoms with Crippen molar-refractivity contribution in [3.63, 3.8) is 0 Å². The first-order chi connectivity index (χ1) is 9.00. The van der Waals surface area contributed by atoms with E-state index in [1.165, 1.54) is 16.8 Å². The quantitative estimate of drug-likeness (QED) is 0.830. The highest BCUT2D eigenvalue weighted by molar-refractivity contribution is 7.92. The van der Waals surface area contributed by atoms with Crippen LogP contribution in [-0.2, 0) is 10.0 Å². The van der Waals surface area contributed by atoms with Gasteiger partial charge in [-0.2, -0.15) is 4.31 Å². The minimum atomic E-state index is -3.52. The monoisotopic (exact) mass is 282 g/mol. The highest BCUT2D eigenvalue weighted by atomic mass is 32.2. The second kappa shape index (κ2) is 5.83. The zero-order valence-corrected chi connectivity index (χ0v) is 11.5. The molecule has 1 aliphatic rings. The molecule has 19 heavy (non-hydrogen) atoms. The number of aliphatic hydroxyl groups excluding tert-OH is 1. The number of aliphatic hydroxyl groups is 1. The number of nitrogens with zero attached hydrogens (tertiary/aromatic N) is 1. The summed E-state index contributed by atoms with van der Waals surface area (Å²) in [6, 6.07) is 8.82. The van der Waals surface area contributed by atoms with Crippen molar-refractivity contribution in [3.05, 3.63) is 41.3 Å². The lowest BCUT2D eigenvalue weighted by atomic mass is 10.2. The topological polar surface area (TPSA) is 69.6 Å². The van der Waals surface area contributed by atoms with Gasteiger partial charge in [0, 0.05) is 25.5 Å². The Morgan fingerprint density at radius 3 is 2.58 bits per heavy atom. The predicted octanol–water partition coefficient (Wildman–Crippen LogP) is 0.252. The number of likely N-dealkylation sites (N-methyl/N-ethyl adjacent to an activating group) is 1. The zero-order valence-electron chi connectivity index (χ0n) is 10.7. The van der Waals surface area contributed by atoms with Gasteiger partial charge in [0.05, 0.1) is 12.1 Å². The van der Waals surface area contributed by atoms with Gasteiger partial charge < -0.3 is 10.4 Å². The van der Waals surface area contributed by atoms with E-state index in [2.05, 4.69) is 5.32 Å². The second-order valence-corrected chi connectivity index (χ2v) is 6.45. The van der Waals surface area contributed by atoms with Gasteiger partial charge >= 0.3 is 0 Å². The third-order valence-corrected chi connectivity index (χ3v) is 4.81. The molecule has 0 amide bonds. The summed E-state index contributed by atoms with van der Waals surface area (Å²) < 4.78 is 25.5. The highest BCUT2D eigenvalue weighted by Crippen LogP contribution is 2.14. The molecule has 0 unspecified atom stereocenters. The lowest BCUT2D eigenvalue weighted by Crippen LogP contribution is -2.43. The number of hydrogen-bond acceptors (Lipinski definition) is 4. The van der Waals surface area contributed by atoms with Crippen LogP contribution in [0.2, 0.25) is 0 Å². The van der Waals surface area contributed by atoms with Crippen molar-refractivity contribution >= 4 is 16.1 Å². The van der Waals surface area contributed by atoms with E-state index in [-0.39, 0.29) is 0 Å². The lowest BCUT2D eigenvalue weighted by molar-refractivity contribution is 0.137. The fraction of sp³-hybridized carbons (Fsp3) is 0.385. The fourth-order valence-corrected chi connectivity index (χ4v) is 3.15. The van der Waals surface area contributed by atoms with E-state index < -0.39 is 22.2 Å². The van der Waals surface area contributed by atoms with Crippen LogP contribution in [0.25, 0.3) is 6.08 Å². The maximum absolute atomic E-state index is 12.1. The van der Waals surface area contributed by atoms with Crippen molar-refractivity contribution < 1.29 is 13.5 Å². The molecule has 5 nitrogen and oxygen atoms in total. The molecule has 2 atom stereocenters. The number of rotatable bonds is 4. The summed E-state index contributed by atoms with van der Waals surface area (Å²) in [5, 5.41) is 13.9. The van der Waals surface area contributed by atoms with Crippen molar-refractivity contribution in [1.29, 1.82) is 0 Å². The molecule has 0 saturated carbocycles. The molecule has 0 radical (unpaired) electrons. The molecule has 2 N–H and O–H groups in total. The van der Waals surface area contributed by atoms with E-state index in [1.54, 1.807) is 6.08 Å². The largest absolute Gasteiger partial charge is 0.390 e. The van der Waals surface area contributed by atoms with Crippen LogP contribution in [0.3, 0.4) is 0 Å². The first-order valence-corrected chi connectivity index (χ1v) is 7.61. The minimum absolute atomic E-state index is 0.412. The van der Waals surface area contributed by atoms with E-state index in [0.29, 0.717) is 13.1 Å². The van der Waals surface area contributed by atoms with E-state index in [9.17, 15) is 13.5 Å². The van der Waals surface area contributed by atoms with Gasteiger partial charge in [0.15, 0.2) is 0 Å². The van der Waals surface area contributed by atoms with Crippen molar-refractivity contribution in [1.82, 2.24) is 9.62 Å². The summed E-state index contributed by atoms with van der Waals surface area (Å²) in [6.45, 7) is 0.892. The van der Waals surface area contributed by atoms with Gasteiger partial charge in [0.2, 0.25) is 10.0 Å². The molecule has 0 aromatic heterocycles. The third-order valence-electron chi connectivity index (χ3n) is 3.25. The Morgan fingerprint density at radius 2 is 2.00 bits per heavy atom. The van der Waals surface area contributed by atoms with Crippen molar-refractivity contribution in [2.45, 2.75) is 12.1 Å². The molecular formula is C13H18N2O3S. The Morgan fingerprint density at radius 1 is 1.32 bits per heavy atom. The average Bonchev–Trinajstić information content (AvgIpc) is 2.83. The van der Waals surface area contributed by atoms with E-state index in [4.69, 9.17) is 0 Å². The molecule has 104 valence electrons. The molecule has 0 bridgehead atoms. The van der Waals surface area contributed by atoms with Gasteiger partial charge in [0.1, 0.15) is 0 Å². The standard InChI is InChI=1S/C13H18N2O3S/c1-15(12-9-14-10-13(12)16)19(17,18)8-7-11-5-3-2-4-6-11/h2-8,12-14,16H,9-10H2,1H3/b8-7+/t12-,13-/m1/s1. The van der Waals surface area contributed by atoms with Gasteiger partial charge in [-0.25, -0.2) is 8.42 Å². The van der Waals surface area contributed by atoms with Crippen LogP contribution in [0, 0.1) is 0 Å². The Labute approximate surface area is 113 Å². The van der Waals surface area contributed by atoms with Crippen LogP contribution in [0.1, 0.15) is 5.56 Å². The van der Waals surface area contributed by atoms with Gasteiger partial charge in [-0.05, 0) is 11.6 Å². The predicted molar refractivity (Wildman–Crippen MR) is 74.8 cm³/mol. The van der Waals surface area contributed by atoms with Crippen LogP contribution in [0.4, 0.5) is 0 Å². The second-order valence-electron chi connectivity index (χ2n) is 4.57. The van der Waals surface area contributed by atoms with Gasteiger partial charge in [-0.15, -0.1) is 0 Å². The van der Waals surface area contributed by atoms with Crippen molar-refractivity contribution in [3.8, 4) is 0 Å². The molecule has 1 aromatic carbocycles. The lowest BCUT2D eigenvalue weighted by Gasteiger charge is -2.24. The molecule has 0 aliphatic carbocycles. The normalized spacial score (nSPS) is 24.4. The molecule has 1 aliphatic heterocycles. The SMILES string of the molecule is CN([C@@H]1CNC[C@H]1O)S(=O)(=O)/C=C/c1ccccc1. The molecule has 1 fully saturated rings. The van der Waals surface area contributed by atoms with Crippen molar-refractivity contribution in [2.75, 3.05) is 20.1 Å². The summed E-state index contributed by atoms with van der Waals surface area (Å²) in [5.41, 5.74) is 0.824. The fourth-order valence-electron chi connectivity index (χ4n) is 2.04. The molecule has 2 rings (SSSR count). The Bertz CT molecular complexity index is 542. The van der Waals surface area contributed by atoms with Crippen LogP contribution in [-0.4, -0.2) is 50.1 Å². The van der Waals surface area contributed by atoms with Gasteiger partial charge in [0.25, 0.3) is 0 Å². The summed E-state index contributed by atoms with van der Waals surface area (Å²) in [4.78, 5) is 0. The molecule has 6 heteroatoms. The minimum Gasteiger partial charge on any atom is -0.390 e. The van der Waals surface area contributed by atoms with Crippen LogP contribution in [0.15, 0.2) is 35.7 Å². The van der Waals surface area contributed by atoms with Crippen LogP contribution < -0.4 is 5.32 Å². The number of β-amino-alcohol motifs (C(OH)–C–C–N with tert-alkyl or cyclic N) is 1. The maximum Gasteiger partial charge on any atom is 0.236 e. The first-order valence-electron chi connectivity index (χ1n) is 6.10. The van der Waals surface area contributed by atoms with E-state index in [0.717, 1.165) is 5.56 Å². The molecule has 1 aromatic rings. The van der Waals surface area contributed by atoms with E-state index in [1.807, 2.05) is 30.3 Å². The number of nitrogens with one attached hydrogen (secondary N) is 1. The Hall–Kier alpha value is -1.21. The molecular weight excluding hydrogens is 264 g/mol. The smallest absolute Gasteiger partial charge is 0.236 e. The summed E-state index contributed by atoms with van der Waals surface area (Å²) in [7, 11) is -2.03. The van der Waals surface area contributed by atoms with Crippen LogP contribution >= 0.6 is 0 Å². The van der Waals surface area contributed by atoms with Gasteiger partial charge in [-0.1, -0.05) is 30.3 Å². The van der Waals surface area contributed by atoms with Crippen LogP contribution in [0.5, 0.6) is 0 Å². The number of benzene rings is 1. The highest BCUT2D eigenvalue weighted by Gasteiger charge is 2.33.